The van der Waals surface area contributed by atoms with Crippen LogP contribution >= 0.6 is 0 Å². The maximum Gasteiger partial charge on any atom is 0.325 e. The number of hydrogen-bond donors (Lipinski definition) is 2. The van der Waals surface area contributed by atoms with Gasteiger partial charge in [-0.25, -0.2) is 13.6 Å². The van der Waals surface area contributed by atoms with Crippen molar-refractivity contribution in [3.05, 3.63) is 90.0 Å². The van der Waals surface area contributed by atoms with Gasteiger partial charge >= 0.3 is 6.03 Å². The van der Waals surface area contributed by atoms with Crippen molar-refractivity contribution in [2.75, 3.05) is 11.9 Å². The van der Waals surface area contributed by atoms with Crippen molar-refractivity contribution in [1.29, 1.82) is 0 Å². The Morgan fingerprint density at radius 3 is 2.31 bits per heavy atom. The molecule has 0 spiro atoms. The normalized spacial score (nSPS) is 17.9. The Balaban J connectivity index is 1.46. The number of nitrogens with zero attached hydrogens (tertiary/aromatic N) is 1. The minimum atomic E-state index is -1.82. The largest absolute Gasteiger partial charge is 0.325 e. The van der Waals surface area contributed by atoms with Gasteiger partial charge in [0.1, 0.15) is 23.7 Å². The molecular weight excluding hydrogens is 416 g/mol. The maximum absolute atomic E-state index is 14.2. The highest BCUT2D eigenvalue weighted by Crippen LogP contribution is 2.31. The first-order valence-corrected chi connectivity index (χ1v) is 9.83. The van der Waals surface area contributed by atoms with Gasteiger partial charge in [-0.15, -0.1) is 0 Å². The zero-order valence-electron chi connectivity index (χ0n) is 17.1. The molecule has 0 aliphatic carbocycles. The molecule has 1 saturated heterocycles. The minimum absolute atomic E-state index is 0.310. The van der Waals surface area contributed by atoms with Crippen LogP contribution in [0, 0.1) is 11.6 Å². The number of carbonyl (C=O) groups excluding carboxylic acids is 3. The summed E-state index contributed by atoms with van der Waals surface area (Å²) in [5.74, 6) is -3.04. The molecule has 0 radical (unpaired) electrons. The summed E-state index contributed by atoms with van der Waals surface area (Å²) < 4.78 is 27.8. The number of carbonyl (C=O) groups is 3. The highest BCUT2D eigenvalue weighted by Gasteiger charge is 2.50. The van der Waals surface area contributed by atoms with Gasteiger partial charge in [-0.2, -0.15) is 0 Å². The monoisotopic (exact) mass is 435 g/mol. The van der Waals surface area contributed by atoms with Crippen LogP contribution in [-0.2, 0) is 15.1 Å². The molecule has 1 atom stereocenters. The molecule has 1 unspecified atom stereocenters. The van der Waals surface area contributed by atoms with Crippen molar-refractivity contribution < 1.29 is 23.2 Å². The molecule has 0 saturated carbocycles. The first-order chi connectivity index (χ1) is 15.3. The van der Waals surface area contributed by atoms with Crippen LogP contribution < -0.4 is 10.6 Å². The Hall–Kier alpha value is -4.07. The average Bonchev–Trinajstić information content (AvgIpc) is 3.00. The van der Waals surface area contributed by atoms with Crippen molar-refractivity contribution >= 4 is 23.5 Å². The Labute approximate surface area is 182 Å². The Bertz CT molecular complexity index is 1200. The first-order valence-electron chi connectivity index (χ1n) is 9.83. The third-order valence-corrected chi connectivity index (χ3v) is 5.32. The highest BCUT2D eigenvalue weighted by molar-refractivity contribution is 6.10. The van der Waals surface area contributed by atoms with Crippen LogP contribution in [0.15, 0.2) is 72.8 Å². The number of benzene rings is 3. The van der Waals surface area contributed by atoms with Gasteiger partial charge in [-0.1, -0.05) is 42.5 Å². The number of halogens is 2. The van der Waals surface area contributed by atoms with E-state index < -0.39 is 41.6 Å². The average molecular weight is 435 g/mol. The summed E-state index contributed by atoms with van der Waals surface area (Å²) in [6, 6.07) is 18.6. The van der Waals surface area contributed by atoms with Gasteiger partial charge in [0.25, 0.3) is 5.91 Å². The van der Waals surface area contributed by atoms with Crippen LogP contribution in [0.5, 0.6) is 0 Å². The molecule has 0 aromatic heterocycles. The Morgan fingerprint density at radius 2 is 1.62 bits per heavy atom. The van der Waals surface area contributed by atoms with Crippen LogP contribution in [0.4, 0.5) is 19.3 Å². The molecular formula is C24H19F2N3O3. The molecule has 8 heteroatoms. The van der Waals surface area contributed by atoms with Crippen LogP contribution in [0.1, 0.15) is 12.5 Å². The second kappa shape index (κ2) is 8.22. The van der Waals surface area contributed by atoms with Crippen molar-refractivity contribution in [1.82, 2.24) is 10.2 Å². The second-order valence-corrected chi connectivity index (χ2v) is 7.56. The van der Waals surface area contributed by atoms with E-state index in [1.807, 2.05) is 42.5 Å². The molecule has 1 heterocycles. The van der Waals surface area contributed by atoms with Crippen molar-refractivity contribution in [2.24, 2.45) is 0 Å². The Kier molecular flexibility index (Phi) is 5.44. The summed E-state index contributed by atoms with van der Waals surface area (Å²) in [6.45, 7) is 0.697. The fraction of sp³-hybridized carbons (Fsp3) is 0.125. The molecule has 2 N–H and O–H groups in total. The number of nitrogens with one attached hydrogen (secondary N) is 2. The number of anilines is 1. The lowest BCUT2D eigenvalue weighted by molar-refractivity contribution is -0.133. The van der Waals surface area contributed by atoms with E-state index in [-0.39, 0.29) is 5.56 Å². The summed E-state index contributed by atoms with van der Waals surface area (Å²) in [4.78, 5) is 38.4. The lowest BCUT2D eigenvalue weighted by Crippen LogP contribution is -2.42. The molecule has 32 heavy (non-hydrogen) atoms. The van der Waals surface area contributed by atoms with Gasteiger partial charge in [-0.05, 0) is 48.4 Å². The van der Waals surface area contributed by atoms with E-state index in [4.69, 9.17) is 0 Å². The number of amides is 4. The van der Waals surface area contributed by atoms with Crippen molar-refractivity contribution in [3.63, 3.8) is 0 Å². The standard InChI is InChI=1S/C24H19F2N3O3/c1-24(19-13-17(25)9-12-20(19)26)22(31)29(23(32)28-24)14-21(30)27-18-10-7-16(8-11-18)15-5-3-2-4-6-15/h2-13H,14H2,1H3,(H,27,30)(H,28,32). The van der Waals surface area contributed by atoms with Gasteiger partial charge in [0.05, 0.1) is 0 Å². The smallest absolute Gasteiger partial charge is 0.325 e. The minimum Gasteiger partial charge on any atom is -0.325 e. The molecule has 1 aliphatic heterocycles. The molecule has 4 amide bonds. The zero-order chi connectivity index (χ0) is 22.9. The van der Waals surface area contributed by atoms with E-state index in [2.05, 4.69) is 10.6 Å². The number of urea groups is 1. The first kappa shape index (κ1) is 21.2. The van der Waals surface area contributed by atoms with Crippen molar-refractivity contribution in [3.8, 4) is 11.1 Å². The topological polar surface area (TPSA) is 78.5 Å². The number of rotatable bonds is 5. The quantitative estimate of drug-likeness (QED) is 0.594. The third kappa shape index (κ3) is 3.94. The van der Waals surface area contributed by atoms with Crippen LogP contribution in [0.25, 0.3) is 11.1 Å². The molecule has 4 rings (SSSR count). The van der Waals surface area contributed by atoms with E-state index in [0.29, 0.717) is 10.6 Å². The SMILES string of the molecule is CC1(c2cc(F)ccc2F)NC(=O)N(CC(=O)Nc2ccc(-c3ccccc3)cc2)C1=O. The summed E-state index contributed by atoms with van der Waals surface area (Å²) in [6.07, 6.45) is 0. The van der Waals surface area contributed by atoms with Gasteiger partial charge in [-0.3, -0.25) is 14.5 Å². The predicted octanol–water partition coefficient (Wildman–Crippen LogP) is 4.04. The predicted molar refractivity (Wildman–Crippen MR) is 114 cm³/mol. The van der Waals surface area contributed by atoms with Gasteiger partial charge in [0.15, 0.2) is 0 Å². The summed E-state index contributed by atoms with van der Waals surface area (Å²) in [7, 11) is 0. The molecule has 3 aromatic carbocycles. The lowest BCUT2D eigenvalue weighted by Gasteiger charge is -2.22. The third-order valence-electron chi connectivity index (χ3n) is 5.32. The van der Waals surface area contributed by atoms with Crippen molar-refractivity contribution in [2.45, 2.75) is 12.5 Å². The lowest BCUT2D eigenvalue weighted by atomic mass is 9.91. The molecule has 1 fully saturated rings. The van der Waals surface area contributed by atoms with Crippen LogP contribution in [0.2, 0.25) is 0 Å². The molecule has 0 bridgehead atoms. The van der Waals surface area contributed by atoms with Gasteiger partial charge in [0, 0.05) is 11.3 Å². The van der Waals surface area contributed by atoms with E-state index in [0.717, 1.165) is 29.3 Å². The molecule has 6 nitrogen and oxygen atoms in total. The van der Waals surface area contributed by atoms with Crippen LogP contribution in [0.3, 0.4) is 0 Å². The summed E-state index contributed by atoms with van der Waals surface area (Å²) in [5, 5.41) is 4.99. The number of hydrogen-bond acceptors (Lipinski definition) is 3. The second-order valence-electron chi connectivity index (χ2n) is 7.56. The van der Waals surface area contributed by atoms with Gasteiger partial charge in [0.2, 0.25) is 5.91 Å². The summed E-state index contributed by atoms with van der Waals surface area (Å²) in [5.41, 5.74) is 0.344. The summed E-state index contributed by atoms with van der Waals surface area (Å²) >= 11 is 0. The van der Waals surface area contributed by atoms with E-state index >= 15 is 0 Å². The molecule has 3 aromatic rings. The van der Waals surface area contributed by atoms with E-state index in [1.54, 1.807) is 12.1 Å². The highest BCUT2D eigenvalue weighted by atomic mass is 19.1. The fourth-order valence-corrected chi connectivity index (χ4v) is 3.62. The number of imide groups is 1. The maximum atomic E-state index is 14.2. The molecule has 1 aliphatic rings. The fourth-order valence-electron chi connectivity index (χ4n) is 3.62. The zero-order valence-corrected chi connectivity index (χ0v) is 17.1. The van der Waals surface area contributed by atoms with E-state index in [9.17, 15) is 23.2 Å². The Morgan fingerprint density at radius 1 is 0.969 bits per heavy atom. The van der Waals surface area contributed by atoms with E-state index in [1.165, 1.54) is 6.92 Å². The van der Waals surface area contributed by atoms with Gasteiger partial charge < -0.3 is 10.6 Å². The van der Waals surface area contributed by atoms with Crippen LogP contribution in [-0.4, -0.2) is 29.3 Å². The molecule has 162 valence electrons.